The van der Waals surface area contributed by atoms with Crippen molar-refractivity contribution in [2.75, 3.05) is 13.2 Å². The number of hydrogen-bond acceptors (Lipinski definition) is 2. The Morgan fingerprint density at radius 3 is 2.76 bits per heavy atom. The predicted molar refractivity (Wildman–Crippen MR) is 67.2 cm³/mol. The number of ether oxygens (including phenoxy) is 1. The molecular weight excluding hydrogens is 287 g/mol. The van der Waals surface area contributed by atoms with Crippen LogP contribution >= 0.6 is 15.9 Å². The van der Waals surface area contributed by atoms with Gasteiger partial charge in [0, 0.05) is 17.7 Å². The van der Waals surface area contributed by atoms with Crippen molar-refractivity contribution in [2.45, 2.75) is 25.4 Å². The molecular formula is C13H16BrFO2. The fourth-order valence-electron chi connectivity index (χ4n) is 2.20. The minimum Gasteiger partial charge on any atom is -0.388 e. The topological polar surface area (TPSA) is 29.5 Å². The highest BCUT2D eigenvalue weighted by atomic mass is 79.9. The lowest BCUT2D eigenvalue weighted by molar-refractivity contribution is 0.0434. The Morgan fingerprint density at radius 2 is 2.12 bits per heavy atom. The average Bonchev–Trinajstić information content (AvgIpc) is 2.30. The zero-order valence-electron chi connectivity index (χ0n) is 9.53. The van der Waals surface area contributed by atoms with Gasteiger partial charge in [-0.25, -0.2) is 4.39 Å². The summed E-state index contributed by atoms with van der Waals surface area (Å²) in [6.07, 6.45) is 2.17. The van der Waals surface area contributed by atoms with Crippen molar-refractivity contribution in [2.24, 2.45) is 5.92 Å². The van der Waals surface area contributed by atoms with Crippen LogP contribution in [0.4, 0.5) is 4.39 Å². The van der Waals surface area contributed by atoms with Crippen molar-refractivity contribution < 1.29 is 14.2 Å². The third kappa shape index (κ3) is 3.50. The molecule has 94 valence electrons. The van der Waals surface area contributed by atoms with Crippen molar-refractivity contribution in [3.05, 3.63) is 34.1 Å². The monoisotopic (exact) mass is 302 g/mol. The summed E-state index contributed by atoms with van der Waals surface area (Å²) in [5, 5.41) is 10.2. The van der Waals surface area contributed by atoms with Crippen molar-refractivity contribution in [1.29, 1.82) is 0 Å². The minimum absolute atomic E-state index is 0.293. The number of halogens is 2. The molecule has 2 rings (SSSR count). The van der Waals surface area contributed by atoms with Crippen LogP contribution in [0, 0.1) is 11.7 Å². The van der Waals surface area contributed by atoms with Gasteiger partial charge in [0.2, 0.25) is 0 Å². The van der Waals surface area contributed by atoms with Crippen molar-refractivity contribution in [3.63, 3.8) is 0 Å². The fourth-order valence-corrected chi connectivity index (χ4v) is 2.81. The Bertz CT molecular complexity index is 378. The molecule has 1 aliphatic heterocycles. The first-order valence-electron chi connectivity index (χ1n) is 5.87. The molecule has 1 aromatic rings. The van der Waals surface area contributed by atoms with Gasteiger partial charge in [-0.05, 0) is 42.9 Å². The molecule has 17 heavy (non-hydrogen) atoms. The lowest BCUT2D eigenvalue weighted by atomic mass is 9.91. The number of benzene rings is 1. The molecule has 0 spiro atoms. The lowest BCUT2D eigenvalue weighted by Gasteiger charge is -2.24. The molecule has 1 saturated heterocycles. The Balaban J connectivity index is 2.00. The quantitative estimate of drug-likeness (QED) is 0.927. The molecule has 2 nitrogen and oxygen atoms in total. The van der Waals surface area contributed by atoms with E-state index in [1.165, 1.54) is 12.1 Å². The lowest BCUT2D eigenvalue weighted by Crippen LogP contribution is -2.18. The Kier molecular flexibility index (Phi) is 4.54. The maximum Gasteiger partial charge on any atom is 0.124 e. The van der Waals surface area contributed by atoms with E-state index in [1.54, 1.807) is 6.07 Å². The number of aliphatic hydroxyl groups is 1. The summed E-state index contributed by atoms with van der Waals surface area (Å²) >= 11 is 3.29. The SMILES string of the molecule is OC(CC1CCOCC1)c1ccc(F)cc1Br. The highest BCUT2D eigenvalue weighted by molar-refractivity contribution is 9.10. The molecule has 0 bridgehead atoms. The average molecular weight is 303 g/mol. The largest absolute Gasteiger partial charge is 0.388 e. The van der Waals surface area contributed by atoms with E-state index in [9.17, 15) is 9.50 Å². The van der Waals surface area contributed by atoms with E-state index in [2.05, 4.69) is 15.9 Å². The van der Waals surface area contributed by atoms with Crippen LogP contribution in [0.2, 0.25) is 0 Å². The summed E-state index contributed by atoms with van der Waals surface area (Å²) < 4.78 is 18.9. The Labute approximate surface area is 109 Å². The van der Waals surface area contributed by atoms with E-state index in [-0.39, 0.29) is 5.82 Å². The van der Waals surface area contributed by atoms with Crippen LogP contribution in [0.15, 0.2) is 22.7 Å². The second-order valence-electron chi connectivity index (χ2n) is 4.47. The van der Waals surface area contributed by atoms with E-state index in [0.29, 0.717) is 16.8 Å². The van der Waals surface area contributed by atoms with E-state index in [4.69, 9.17) is 4.74 Å². The third-order valence-electron chi connectivity index (χ3n) is 3.22. The summed E-state index contributed by atoms with van der Waals surface area (Å²) in [6.45, 7) is 1.56. The summed E-state index contributed by atoms with van der Waals surface area (Å²) in [5.41, 5.74) is 0.762. The van der Waals surface area contributed by atoms with Crippen molar-refractivity contribution in [3.8, 4) is 0 Å². The van der Waals surface area contributed by atoms with Gasteiger partial charge in [0.1, 0.15) is 5.82 Å². The molecule has 1 aliphatic rings. The van der Waals surface area contributed by atoms with Gasteiger partial charge in [-0.2, -0.15) is 0 Å². The molecule has 0 aromatic heterocycles. The normalized spacial score (nSPS) is 19.2. The molecule has 1 unspecified atom stereocenters. The molecule has 0 aliphatic carbocycles. The first kappa shape index (κ1) is 13.0. The minimum atomic E-state index is -0.534. The molecule has 1 N–H and O–H groups in total. The van der Waals surface area contributed by atoms with Crippen molar-refractivity contribution >= 4 is 15.9 Å². The summed E-state index contributed by atoms with van der Waals surface area (Å²) in [7, 11) is 0. The van der Waals surface area contributed by atoms with Gasteiger partial charge >= 0.3 is 0 Å². The van der Waals surface area contributed by atoms with Gasteiger partial charge in [0.05, 0.1) is 6.10 Å². The molecule has 1 heterocycles. The van der Waals surface area contributed by atoms with Gasteiger partial charge in [-0.3, -0.25) is 0 Å². The predicted octanol–water partition coefficient (Wildman–Crippen LogP) is 3.44. The van der Waals surface area contributed by atoms with Crippen LogP contribution in [0.1, 0.15) is 30.9 Å². The second-order valence-corrected chi connectivity index (χ2v) is 5.33. The van der Waals surface area contributed by atoms with Gasteiger partial charge in [-0.15, -0.1) is 0 Å². The number of aliphatic hydroxyl groups excluding tert-OH is 1. The first-order valence-corrected chi connectivity index (χ1v) is 6.67. The number of hydrogen-bond donors (Lipinski definition) is 1. The summed E-state index contributed by atoms with van der Waals surface area (Å²) in [5.74, 6) is 0.203. The summed E-state index contributed by atoms with van der Waals surface area (Å²) in [4.78, 5) is 0. The van der Waals surface area contributed by atoms with E-state index in [1.807, 2.05) is 0 Å². The molecule has 0 saturated carbocycles. The van der Waals surface area contributed by atoms with E-state index >= 15 is 0 Å². The molecule has 1 aromatic carbocycles. The molecule has 4 heteroatoms. The van der Waals surface area contributed by atoms with E-state index < -0.39 is 6.10 Å². The van der Waals surface area contributed by atoms with Crippen LogP contribution < -0.4 is 0 Å². The zero-order chi connectivity index (χ0) is 12.3. The highest BCUT2D eigenvalue weighted by Crippen LogP contribution is 2.31. The van der Waals surface area contributed by atoms with Crippen LogP contribution in [-0.2, 0) is 4.74 Å². The molecule has 0 amide bonds. The van der Waals surface area contributed by atoms with Crippen LogP contribution in [0.25, 0.3) is 0 Å². The maximum absolute atomic E-state index is 12.9. The van der Waals surface area contributed by atoms with Crippen LogP contribution in [0.3, 0.4) is 0 Å². The Morgan fingerprint density at radius 1 is 1.41 bits per heavy atom. The number of rotatable bonds is 3. The third-order valence-corrected chi connectivity index (χ3v) is 3.91. The van der Waals surface area contributed by atoms with Crippen molar-refractivity contribution in [1.82, 2.24) is 0 Å². The van der Waals surface area contributed by atoms with Gasteiger partial charge in [-0.1, -0.05) is 22.0 Å². The van der Waals surface area contributed by atoms with Crippen LogP contribution in [-0.4, -0.2) is 18.3 Å². The van der Waals surface area contributed by atoms with Gasteiger partial charge in [0.15, 0.2) is 0 Å². The Hall–Kier alpha value is -0.450. The highest BCUT2D eigenvalue weighted by Gasteiger charge is 2.20. The van der Waals surface area contributed by atoms with E-state index in [0.717, 1.165) is 31.6 Å². The smallest absolute Gasteiger partial charge is 0.124 e. The van der Waals surface area contributed by atoms with Crippen LogP contribution in [0.5, 0.6) is 0 Å². The molecule has 1 atom stereocenters. The summed E-state index contributed by atoms with van der Waals surface area (Å²) in [6, 6.07) is 4.42. The van der Waals surface area contributed by atoms with Gasteiger partial charge in [0.25, 0.3) is 0 Å². The zero-order valence-corrected chi connectivity index (χ0v) is 11.1. The fraction of sp³-hybridized carbons (Fsp3) is 0.538. The van der Waals surface area contributed by atoms with Gasteiger partial charge < -0.3 is 9.84 Å². The molecule has 0 radical (unpaired) electrons. The maximum atomic E-state index is 12.9. The second kappa shape index (κ2) is 5.94. The molecule has 1 fully saturated rings. The standard InChI is InChI=1S/C13H16BrFO2/c14-12-8-10(15)1-2-11(12)13(16)7-9-3-5-17-6-4-9/h1-2,8-9,13,16H,3-7H2. The first-order chi connectivity index (χ1) is 8.16.